The summed E-state index contributed by atoms with van der Waals surface area (Å²) in [6.45, 7) is 0.893. The Balaban J connectivity index is 1.49. The first-order valence-corrected chi connectivity index (χ1v) is 10.3. The van der Waals surface area contributed by atoms with Gasteiger partial charge in [0, 0.05) is 40.4 Å². The molecular formula is C21H23Cl2N3O3. The second kappa shape index (κ2) is 10.4. The average Bonchev–Trinajstić information content (AvgIpc) is 2.68. The van der Waals surface area contributed by atoms with Crippen molar-refractivity contribution in [2.24, 2.45) is 0 Å². The monoisotopic (exact) mass is 435 g/mol. The molecule has 29 heavy (non-hydrogen) atoms. The average molecular weight is 436 g/mol. The van der Waals surface area contributed by atoms with Crippen molar-refractivity contribution in [1.82, 2.24) is 4.90 Å². The van der Waals surface area contributed by atoms with Crippen LogP contribution in [0.5, 0.6) is 0 Å². The van der Waals surface area contributed by atoms with E-state index >= 15 is 0 Å². The van der Waals surface area contributed by atoms with Gasteiger partial charge in [-0.15, -0.1) is 0 Å². The van der Waals surface area contributed by atoms with Crippen LogP contribution in [0.2, 0.25) is 10.0 Å². The van der Waals surface area contributed by atoms with Gasteiger partial charge in [-0.05, 0) is 55.7 Å². The SMILES string of the molecule is O=C(Nc1cccc(Cl)c1)OCC[C@@H]1CCCCN1C(=O)Nc1cccc(Cl)c1. The third-order valence-electron chi connectivity index (χ3n) is 4.72. The van der Waals surface area contributed by atoms with E-state index in [9.17, 15) is 9.59 Å². The zero-order chi connectivity index (χ0) is 20.6. The van der Waals surface area contributed by atoms with Crippen molar-refractivity contribution < 1.29 is 14.3 Å². The Labute approximate surface area is 180 Å². The van der Waals surface area contributed by atoms with E-state index in [1.165, 1.54) is 0 Å². The van der Waals surface area contributed by atoms with E-state index in [4.69, 9.17) is 27.9 Å². The van der Waals surface area contributed by atoms with E-state index in [1.54, 1.807) is 48.5 Å². The first-order chi connectivity index (χ1) is 14.0. The molecule has 3 rings (SSSR count). The quantitative estimate of drug-likeness (QED) is 0.602. The van der Waals surface area contributed by atoms with Gasteiger partial charge in [-0.25, -0.2) is 9.59 Å². The number of likely N-dealkylation sites (tertiary alicyclic amines) is 1. The number of amides is 3. The lowest BCUT2D eigenvalue weighted by Crippen LogP contribution is -2.46. The maximum atomic E-state index is 12.7. The van der Waals surface area contributed by atoms with Crippen LogP contribution in [0.4, 0.5) is 21.0 Å². The van der Waals surface area contributed by atoms with Gasteiger partial charge in [0.05, 0.1) is 6.61 Å². The Morgan fingerprint density at radius 2 is 1.66 bits per heavy atom. The topological polar surface area (TPSA) is 70.7 Å². The predicted octanol–water partition coefficient (Wildman–Crippen LogP) is 6.02. The number of hydrogen-bond donors (Lipinski definition) is 2. The Morgan fingerprint density at radius 3 is 2.31 bits per heavy atom. The number of nitrogens with zero attached hydrogens (tertiary/aromatic N) is 1. The molecule has 0 radical (unpaired) electrons. The van der Waals surface area contributed by atoms with Crippen LogP contribution in [0.15, 0.2) is 48.5 Å². The third-order valence-corrected chi connectivity index (χ3v) is 5.19. The molecular weight excluding hydrogens is 413 g/mol. The highest BCUT2D eigenvalue weighted by atomic mass is 35.5. The van der Waals surface area contributed by atoms with Crippen molar-refractivity contribution in [3.63, 3.8) is 0 Å². The lowest BCUT2D eigenvalue weighted by Gasteiger charge is -2.35. The zero-order valence-electron chi connectivity index (χ0n) is 15.9. The number of halogens is 2. The van der Waals surface area contributed by atoms with Crippen LogP contribution in [0.1, 0.15) is 25.7 Å². The number of nitrogens with one attached hydrogen (secondary N) is 2. The molecule has 8 heteroatoms. The number of piperidine rings is 1. The summed E-state index contributed by atoms with van der Waals surface area (Å²) in [5, 5.41) is 6.63. The molecule has 0 bridgehead atoms. The summed E-state index contributed by atoms with van der Waals surface area (Å²) < 4.78 is 5.28. The Kier molecular flexibility index (Phi) is 7.61. The molecule has 1 saturated heterocycles. The van der Waals surface area contributed by atoms with Crippen LogP contribution in [-0.2, 0) is 4.74 Å². The Morgan fingerprint density at radius 1 is 1.00 bits per heavy atom. The molecule has 0 spiro atoms. The number of hydrogen-bond acceptors (Lipinski definition) is 3. The van der Waals surface area contributed by atoms with Crippen molar-refractivity contribution in [1.29, 1.82) is 0 Å². The van der Waals surface area contributed by atoms with Crippen molar-refractivity contribution in [2.75, 3.05) is 23.8 Å². The largest absolute Gasteiger partial charge is 0.449 e. The molecule has 0 unspecified atom stereocenters. The lowest BCUT2D eigenvalue weighted by molar-refractivity contribution is 0.123. The van der Waals surface area contributed by atoms with Gasteiger partial charge < -0.3 is 15.0 Å². The number of benzene rings is 2. The molecule has 1 aliphatic heterocycles. The van der Waals surface area contributed by atoms with Crippen LogP contribution in [0, 0.1) is 0 Å². The Hall–Kier alpha value is -2.44. The fourth-order valence-electron chi connectivity index (χ4n) is 3.34. The van der Waals surface area contributed by atoms with Gasteiger partial charge in [-0.1, -0.05) is 35.3 Å². The number of urea groups is 1. The summed E-state index contributed by atoms with van der Waals surface area (Å²) in [5.41, 5.74) is 1.23. The van der Waals surface area contributed by atoms with Crippen molar-refractivity contribution in [3.8, 4) is 0 Å². The number of carbonyl (C=O) groups is 2. The van der Waals surface area contributed by atoms with E-state index in [-0.39, 0.29) is 18.7 Å². The summed E-state index contributed by atoms with van der Waals surface area (Å²) in [6.07, 6.45) is 2.90. The predicted molar refractivity (Wildman–Crippen MR) is 116 cm³/mol. The lowest BCUT2D eigenvalue weighted by atomic mass is 10.00. The van der Waals surface area contributed by atoms with Gasteiger partial charge in [-0.3, -0.25) is 5.32 Å². The molecule has 1 atom stereocenters. The summed E-state index contributed by atoms with van der Waals surface area (Å²) in [6, 6.07) is 13.8. The molecule has 154 valence electrons. The second-order valence-corrected chi connectivity index (χ2v) is 7.72. The highest BCUT2D eigenvalue weighted by molar-refractivity contribution is 6.31. The maximum Gasteiger partial charge on any atom is 0.411 e. The zero-order valence-corrected chi connectivity index (χ0v) is 17.4. The molecule has 2 aromatic carbocycles. The van der Waals surface area contributed by atoms with Crippen LogP contribution < -0.4 is 10.6 Å². The van der Waals surface area contributed by atoms with E-state index < -0.39 is 6.09 Å². The van der Waals surface area contributed by atoms with Gasteiger partial charge in [0.15, 0.2) is 0 Å². The second-order valence-electron chi connectivity index (χ2n) is 6.84. The highest BCUT2D eigenvalue weighted by Gasteiger charge is 2.27. The molecule has 1 heterocycles. The van der Waals surface area contributed by atoms with E-state index in [1.807, 2.05) is 4.90 Å². The molecule has 0 aliphatic carbocycles. The molecule has 1 fully saturated rings. The van der Waals surface area contributed by atoms with E-state index in [2.05, 4.69) is 10.6 Å². The van der Waals surface area contributed by atoms with Crippen LogP contribution in [0.3, 0.4) is 0 Å². The fourth-order valence-corrected chi connectivity index (χ4v) is 3.72. The van der Waals surface area contributed by atoms with E-state index in [0.29, 0.717) is 34.4 Å². The summed E-state index contributed by atoms with van der Waals surface area (Å²) in [5.74, 6) is 0. The van der Waals surface area contributed by atoms with Gasteiger partial charge in [-0.2, -0.15) is 0 Å². The van der Waals surface area contributed by atoms with Crippen molar-refractivity contribution in [2.45, 2.75) is 31.7 Å². The molecule has 3 amide bonds. The van der Waals surface area contributed by atoms with Gasteiger partial charge in [0.25, 0.3) is 0 Å². The summed E-state index contributed by atoms with van der Waals surface area (Å²) in [4.78, 5) is 26.5. The molecule has 0 aromatic heterocycles. The normalized spacial score (nSPS) is 16.2. The van der Waals surface area contributed by atoms with Gasteiger partial charge >= 0.3 is 12.1 Å². The van der Waals surface area contributed by atoms with Crippen molar-refractivity contribution in [3.05, 3.63) is 58.6 Å². The van der Waals surface area contributed by atoms with Crippen molar-refractivity contribution >= 4 is 46.7 Å². The first-order valence-electron chi connectivity index (χ1n) is 9.54. The Bertz CT molecular complexity index is 863. The minimum absolute atomic E-state index is 0.0157. The fraction of sp³-hybridized carbons (Fsp3) is 0.333. The minimum atomic E-state index is -0.544. The minimum Gasteiger partial charge on any atom is -0.449 e. The van der Waals surface area contributed by atoms with Crippen LogP contribution >= 0.6 is 23.2 Å². The molecule has 0 saturated carbocycles. The molecule has 6 nitrogen and oxygen atoms in total. The number of anilines is 2. The highest BCUT2D eigenvalue weighted by Crippen LogP contribution is 2.22. The summed E-state index contributed by atoms with van der Waals surface area (Å²) >= 11 is 11.9. The third kappa shape index (κ3) is 6.54. The maximum absolute atomic E-state index is 12.7. The van der Waals surface area contributed by atoms with Crippen LogP contribution in [0.25, 0.3) is 0 Å². The number of carbonyl (C=O) groups excluding carboxylic acids is 2. The van der Waals surface area contributed by atoms with E-state index in [0.717, 1.165) is 19.3 Å². The van der Waals surface area contributed by atoms with Gasteiger partial charge in [0.2, 0.25) is 0 Å². The molecule has 2 aromatic rings. The smallest absolute Gasteiger partial charge is 0.411 e. The molecule has 1 aliphatic rings. The number of rotatable bonds is 5. The number of ether oxygens (including phenoxy) is 1. The summed E-state index contributed by atoms with van der Waals surface area (Å²) in [7, 11) is 0. The molecule has 2 N–H and O–H groups in total. The standard InChI is InChI=1S/C21H23Cl2N3O3/c22-15-5-3-7-17(13-15)24-20(27)26-11-2-1-9-19(26)10-12-29-21(28)25-18-8-4-6-16(23)14-18/h3-8,13-14,19H,1-2,9-12H2,(H,24,27)(H,25,28)/t19-/m0/s1. The van der Waals surface area contributed by atoms with Gasteiger partial charge in [0.1, 0.15) is 0 Å². The first kappa shape index (κ1) is 21.3. The van der Waals surface area contributed by atoms with Crippen LogP contribution in [-0.4, -0.2) is 36.2 Å².